The molecule has 1 aromatic carbocycles. The normalized spacial score (nSPS) is 21.9. The van der Waals surface area contributed by atoms with Crippen molar-refractivity contribution in [2.45, 2.75) is 25.9 Å². The molecule has 1 aliphatic rings. The van der Waals surface area contributed by atoms with E-state index in [-0.39, 0.29) is 24.6 Å². The van der Waals surface area contributed by atoms with Crippen molar-refractivity contribution in [2.24, 2.45) is 5.73 Å². The quantitative estimate of drug-likeness (QED) is 0.839. The SMILES string of the molecule is CC1CN(C(=O)c2ccc(OCC(N)=O)cc2)CC(C)N1. The van der Waals surface area contributed by atoms with Gasteiger partial charge in [-0.2, -0.15) is 0 Å². The van der Waals surface area contributed by atoms with Crippen LogP contribution in [0, 0.1) is 0 Å². The molecule has 2 atom stereocenters. The summed E-state index contributed by atoms with van der Waals surface area (Å²) in [5, 5.41) is 3.39. The Kier molecular flexibility index (Phi) is 4.80. The van der Waals surface area contributed by atoms with Gasteiger partial charge in [-0.3, -0.25) is 9.59 Å². The van der Waals surface area contributed by atoms with Gasteiger partial charge in [0.15, 0.2) is 6.61 Å². The molecule has 21 heavy (non-hydrogen) atoms. The molecule has 0 saturated carbocycles. The summed E-state index contributed by atoms with van der Waals surface area (Å²) in [6.45, 7) is 5.36. The van der Waals surface area contributed by atoms with Gasteiger partial charge in [0.25, 0.3) is 11.8 Å². The molecule has 0 aliphatic carbocycles. The van der Waals surface area contributed by atoms with Crippen molar-refractivity contribution in [3.05, 3.63) is 29.8 Å². The molecule has 6 heteroatoms. The van der Waals surface area contributed by atoms with E-state index in [9.17, 15) is 9.59 Å². The molecular formula is C15H21N3O3. The molecule has 0 aromatic heterocycles. The van der Waals surface area contributed by atoms with E-state index >= 15 is 0 Å². The molecule has 6 nitrogen and oxygen atoms in total. The summed E-state index contributed by atoms with van der Waals surface area (Å²) in [7, 11) is 0. The van der Waals surface area contributed by atoms with Gasteiger partial charge in [-0.25, -0.2) is 0 Å². The van der Waals surface area contributed by atoms with Gasteiger partial charge in [-0.15, -0.1) is 0 Å². The van der Waals surface area contributed by atoms with E-state index in [4.69, 9.17) is 10.5 Å². The zero-order valence-electron chi connectivity index (χ0n) is 12.3. The van der Waals surface area contributed by atoms with Crippen LogP contribution in [0.2, 0.25) is 0 Å². The van der Waals surface area contributed by atoms with Crippen LogP contribution < -0.4 is 15.8 Å². The average molecular weight is 291 g/mol. The first-order chi connectivity index (χ1) is 9.95. The van der Waals surface area contributed by atoms with E-state index in [1.807, 2.05) is 4.90 Å². The largest absolute Gasteiger partial charge is 0.484 e. The summed E-state index contributed by atoms with van der Waals surface area (Å²) in [6, 6.07) is 7.33. The Hall–Kier alpha value is -2.08. The molecular weight excluding hydrogens is 270 g/mol. The molecule has 0 radical (unpaired) electrons. The van der Waals surface area contributed by atoms with Crippen LogP contribution in [0.25, 0.3) is 0 Å². The number of nitrogens with zero attached hydrogens (tertiary/aromatic N) is 1. The van der Waals surface area contributed by atoms with Crippen molar-refractivity contribution < 1.29 is 14.3 Å². The Balaban J connectivity index is 2.00. The van der Waals surface area contributed by atoms with Gasteiger partial charge in [0.05, 0.1) is 0 Å². The van der Waals surface area contributed by atoms with Gasteiger partial charge in [-0.1, -0.05) is 0 Å². The fraction of sp³-hybridized carbons (Fsp3) is 0.467. The van der Waals surface area contributed by atoms with Crippen LogP contribution in [0.3, 0.4) is 0 Å². The molecule has 2 rings (SSSR count). The van der Waals surface area contributed by atoms with Crippen molar-refractivity contribution in [1.29, 1.82) is 0 Å². The number of hydrogen-bond acceptors (Lipinski definition) is 4. The summed E-state index contributed by atoms with van der Waals surface area (Å²) in [6.07, 6.45) is 0. The van der Waals surface area contributed by atoms with E-state index in [1.165, 1.54) is 0 Å². The number of benzene rings is 1. The highest BCUT2D eigenvalue weighted by molar-refractivity contribution is 5.94. The van der Waals surface area contributed by atoms with Gasteiger partial charge in [0.1, 0.15) is 5.75 Å². The number of piperazine rings is 1. The zero-order chi connectivity index (χ0) is 15.4. The molecule has 114 valence electrons. The Labute approximate surface area is 124 Å². The minimum atomic E-state index is -0.529. The highest BCUT2D eigenvalue weighted by Gasteiger charge is 2.25. The summed E-state index contributed by atoms with van der Waals surface area (Å²) in [4.78, 5) is 25.0. The number of nitrogens with one attached hydrogen (secondary N) is 1. The van der Waals surface area contributed by atoms with Crippen molar-refractivity contribution in [3.8, 4) is 5.75 Å². The molecule has 3 N–H and O–H groups in total. The van der Waals surface area contributed by atoms with Gasteiger partial charge >= 0.3 is 0 Å². The predicted octanol–water partition coefficient (Wildman–Crippen LogP) is 0.373. The van der Waals surface area contributed by atoms with E-state index < -0.39 is 5.91 Å². The van der Waals surface area contributed by atoms with Crippen LogP contribution >= 0.6 is 0 Å². The molecule has 2 amide bonds. The fourth-order valence-electron chi connectivity index (χ4n) is 2.52. The second-order valence-corrected chi connectivity index (χ2v) is 5.46. The van der Waals surface area contributed by atoms with Gasteiger partial charge in [0.2, 0.25) is 0 Å². The van der Waals surface area contributed by atoms with E-state index in [0.29, 0.717) is 24.4 Å². The third kappa shape index (κ3) is 4.19. The zero-order valence-corrected chi connectivity index (χ0v) is 12.3. The lowest BCUT2D eigenvalue weighted by Crippen LogP contribution is -2.55. The molecule has 2 unspecified atom stereocenters. The Morgan fingerprint density at radius 2 is 1.81 bits per heavy atom. The lowest BCUT2D eigenvalue weighted by atomic mass is 10.1. The van der Waals surface area contributed by atoms with Crippen molar-refractivity contribution in [2.75, 3.05) is 19.7 Å². The lowest BCUT2D eigenvalue weighted by Gasteiger charge is -2.36. The molecule has 1 heterocycles. The number of ether oxygens (including phenoxy) is 1. The highest BCUT2D eigenvalue weighted by Crippen LogP contribution is 2.15. The second kappa shape index (κ2) is 6.58. The topological polar surface area (TPSA) is 84.7 Å². The van der Waals surface area contributed by atoms with E-state index in [1.54, 1.807) is 24.3 Å². The summed E-state index contributed by atoms with van der Waals surface area (Å²) < 4.78 is 5.17. The number of rotatable bonds is 4. The number of carbonyl (C=O) groups excluding carboxylic acids is 2. The maximum atomic E-state index is 12.5. The summed E-state index contributed by atoms with van der Waals surface area (Å²) in [5.41, 5.74) is 5.62. The molecule has 0 spiro atoms. The molecule has 1 aromatic rings. The number of carbonyl (C=O) groups is 2. The number of primary amides is 1. The molecule has 1 fully saturated rings. The van der Waals surface area contributed by atoms with Crippen molar-refractivity contribution in [1.82, 2.24) is 10.2 Å². The standard InChI is InChI=1S/C15H21N3O3/c1-10-7-18(8-11(2)17-10)15(20)12-3-5-13(6-4-12)21-9-14(16)19/h3-6,10-11,17H,7-9H2,1-2H3,(H2,16,19). The van der Waals surface area contributed by atoms with E-state index in [0.717, 1.165) is 0 Å². The summed E-state index contributed by atoms with van der Waals surface area (Å²) in [5.74, 6) is 0.00277. The Bertz CT molecular complexity index is 505. The Morgan fingerprint density at radius 1 is 1.24 bits per heavy atom. The van der Waals surface area contributed by atoms with Crippen LogP contribution in [-0.4, -0.2) is 48.5 Å². The second-order valence-electron chi connectivity index (χ2n) is 5.46. The summed E-state index contributed by atoms with van der Waals surface area (Å²) >= 11 is 0. The third-order valence-corrected chi connectivity index (χ3v) is 3.33. The van der Waals surface area contributed by atoms with Crippen LogP contribution in [0.15, 0.2) is 24.3 Å². The van der Waals surface area contributed by atoms with Gasteiger partial charge in [-0.05, 0) is 38.1 Å². The first-order valence-electron chi connectivity index (χ1n) is 7.02. The van der Waals surface area contributed by atoms with E-state index in [2.05, 4.69) is 19.2 Å². The average Bonchev–Trinajstić information content (AvgIpc) is 2.44. The number of nitrogens with two attached hydrogens (primary N) is 1. The molecule has 1 aliphatic heterocycles. The maximum absolute atomic E-state index is 12.5. The predicted molar refractivity (Wildman–Crippen MR) is 79.1 cm³/mol. The third-order valence-electron chi connectivity index (χ3n) is 3.33. The van der Waals surface area contributed by atoms with Gasteiger partial charge < -0.3 is 20.7 Å². The monoisotopic (exact) mass is 291 g/mol. The van der Waals surface area contributed by atoms with Crippen LogP contribution in [0.5, 0.6) is 5.75 Å². The first kappa shape index (κ1) is 15.3. The van der Waals surface area contributed by atoms with Gasteiger partial charge in [0, 0.05) is 30.7 Å². The molecule has 0 bridgehead atoms. The fourth-order valence-corrected chi connectivity index (χ4v) is 2.52. The van der Waals surface area contributed by atoms with Crippen LogP contribution in [0.4, 0.5) is 0 Å². The van der Waals surface area contributed by atoms with Crippen molar-refractivity contribution >= 4 is 11.8 Å². The molecule has 1 saturated heterocycles. The maximum Gasteiger partial charge on any atom is 0.255 e. The van der Waals surface area contributed by atoms with Crippen LogP contribution in [0.1, 0.15) is 24.2 Å². The number of hydrogen-bond donors (Lipinski definition) is 2. The minimum absolute atomic E-state index is 0.0108. The van der Waals surface area contributed by atoms with Crippen LogP contribution in [-0.2, 0) is 4.79 Å². The van der Waals surface area contributed by atoms with Crippen molar-refractivity contribution in [3.63, 3.8) is 0 Å². The highest BCUT2D eigenvalue weighted by atomic mass is 16.5. The minimum Gasteiger partial charge on any atom is -0.484 e. The first-order valence-corrected chi connectivity index (χ1v) is 7.02. The smallest absolute Gasteiger partial charge is 0.255 e. The Morgan fingerprint density at radius 3 is 2.33 bits per heavy atom. The lowest BCUT2D eigenvalue weighted by molar-refractivity contribution is -0.119. The number of amides is 2.